The van der Waals surface area contributed by atoms with Gasteiger partial charge in [-0.3, -0.25) is 4.79 Å². The molecule has 0 aliphatic heterocycles. The van der Waals surface area contributed by atoms with Gasteiger partial charge in [0.15, 0.2) is 0 Å². The molecule has 1 aromatic carbocycles. The van der Waals surface area contributed by atoms with Crippen molar-refractivity contribution in [2.75, 3.05) is 20.1 Å². The molecule has 0 unspecified atom stereocenters. The molecule has 1 saturated carbocycles. The molecular weight excluding hydrogens is 291 g/mol. The minimum absolute atomic E-state index is 0. The van der Waals surface area contributed by atoms with Gasteiger partial charge in [0.1, 0.15) is 5.82 Å². The third-order valence-corrected chi connectivity index (χ3v) is 3.66. The first-order valence-electron chi connectivity index (χ1n) is 7.39. The third kappa shape index (κ3) is 6.02. The molecule has 1 amide bonds. The van der Waals surface area contributed by atoms with Gasteiger partial charge in [-0.15, -0.1) is 12.4 Å². The van der Waals surface area contributed by atoms with E-state index in [1.54, 1.807) is 12.1 Å². The number of carbonyl (C=O) groups excluding carboxylic acids is 1. The fourth-order valence-corrected chi connectivity index (χ4v) is 2.40. The van der Waals surface area contributed by atoms with Crippen LogP contribution in [0.4, 0.5) is 4.39 Å². The van der Waals surface area contributed by atoms with Crippen LogP contribution in [0.3, 0.4) is 0 Å². The first-order chi connectivity index (χ1) is 9.70. The van der Waals surface area contributed by atoms with Crippen LogP contribution in [0.15, 0.2) is 24.3 Å². The number of amides is 1. The van der Waals surface area contributed by atoms with Gasteiger partial charge in [-0.1, -0.05) is 12.1 Å². The predicted molar refractivity (Wildman–Crippen MR) is 85.2 cm³/mol. The molecule has 1 aliphatic rings. The van der Waals surface area contributed by atoms with E-state index >= 15 is 0 Å². The zero-order valence-corrected chi connectivity index (χ0v) is 13.3. The number of nitrogens with one attached hydrogen (secondary N) is 1. The Balaban J connectivity index is 0.00000220. The Kier molecular flexibility index (Phi) is 7.68. The highest BCUT2D eigenvalue weighted by Crippen LogP contribution is 2.27. The van der Waals surface area contributed by atoms with Gasteiger partial charge >= 0.3 is 0 Å². The van der Waals surface area contributed by atoms with Crippen LogP contribution >= 0.6 is 12.4 Å². The predicted octanol–water partition coefficient (Wildman–Crippen LogP) is 2.78. The Bertz CT molecular complexity index is 452. The Morgan fingerprint density at radius 2 is 2.19 bits per heavy atom. The van der Waals surface area contributed by atoms with Crippen molar-refractivity contribution < 1.29 is 9.18 Å². The van der Waals surface area contributed by atoms with Crippen molar-refractivity contribution in [2.45, 2.75) is 38.1 Å². The smallest absolute Gasteiger partial charge is 0.222 e. The Hall–Kier alpha value is -1.13. The summed E-state index contributed by atoms with van der Waals surface area (Å²) in [6.45, 7) is 1.57. The fraction of sp³-hybridized carbons (Fsp3) is 0.562. The van der Waals surface area contributed by atoms with Crippen LogP contribution in [0, 0.1) is 5.82 Å². The fourth-order valence-electron chi connectivity index (χ4n) is 2.40. The van der Waals surface area contributed by atoms with Gasteiger partial charge in [-0.05, 0) is 57.0 Å². The minimum atomic E-state index is -0.208. The summed E-state index contributed by atoms with van der Waals surface area (Å²) >= 11 is 0. The average molecular weight is 315 g/mol. The number of benzene rings is 1. The number of hydrogen-bond donors (Lipinski definition) is 1. The first kappa shape index (κ1) is 17.9. The van der Waals surface area contributed by atoms with Crippen LogP contribution < -0.4 is 5.32 Å². The van der Waals surface area contributed by atoms with Crippen molar-refractivity contribution >= 4 is 18.3 Å². The molecule has 3 nitrogen and oxygen atoms in total. The van der Waals surface area contributed by atoms with Gasteiger partial charge in [-0.25, -0.2) is 4.39 Å². The standard InChI is InChI=1S/C16H23FN2O.ClH/c1-18-10-3-6-16(20)19(15-7-8-15)11-9-13-4-2-5-14(17)12-13;/h2,4-5,12,15,18H,3,6-11H2,1H3;1H. The summed E-state index contributed by atoms with van der Waals surface area (Å²) in [5.74, 6) is 0.0278. The van der Waals surface area contributed by atoms with E-state index in [1.807, 2.05) is 18.0 Å². The molecule has 1 aliphatic carbocycles. The molecule has 1 N–H and O–H groups in total. The highest BCUT2D eigenvalue weighted by atomic mass is 35.5. The van der Waals surface area contributed by atoms with Crippen molar-refractivity contribution in [1.82, 2.24) is 10.2 Å². The third-order valence-electron chi connectivity index (χ3n) is 3.66. The van der Waals surface area contributed by atoms with Gasteiger partial charge in [-0.2, -0.15) is 0 Å². The maximum atomic E-state index is 13.1. The zero-order valence-electron chi connectivity index (χ0n) is 12.5. The van der Waals surface area contributed by atoms with E-state index in [9.17, 15) is 9.18 Å². The van der Waals surface area contributed by atoms with Crippen molar-refractivity contribution in [1.29, 1.82) is 0 Å². The number of hydrogen-bond acceptors (Lipinski definition) is 2. The number of nitrogens with zero attached hydrogens (tertiary/aromatic N) is 1. The molecule has 118 valence electrons. The molecule has 21 heavy (non-hydrogen) atoms. The molecule has 0 atom stereocenters. The molecule has 0 bridgehead atoms. The monoisotopic (exact) mass is 314 g/mol. The van der Waals surface area contributed by atoms with E-state index in [2.05, 4.69) is 5.32 Å². The summed E-state index contributed by atoms with van der Waals surface area (Å²) in [5, 5.41) is 3.06. The van der Waals surface area contributed by atoms with Gasteiger partial charge < -0.3 is 10.2 Å². The summed E-state index contributed by atoms with van der Waals surface area (Å²) in [5.41, 5.74) is 0.957. The largest absolute Gasteiger partial charge is 0.339 e. The van der Waals surface area contributed by atoms with E-state index in [-0.39, 0.29) is 24.1 Å². The topological polar surface area (TPSA) is 32.3 Å². The van der Waals surface area contributed by atoms with Crippen LogP contribution in [-0.2, 0) is 11.2 Å². The Morgan fingerprint density at radius 3 is 2.81 bits per heavy atom. The van der Waals surface area contributed by atoms with Crippen molar-refractivity contribution in [2.24, 2.45) is 0 Å². The van der Waals surface area contributed by atoms with Crippen LogP contribution in [0.25, 0.3) is 0 Å². The molecule has 0 aromatic heterocycles. The second kappa shape index (κ2) is 9.00. The molecular formula is C16H24ClFN2O. The number of halogens is 2. The first-order valence-corrected chi connectivity index (χ1v) is 7.39. The summed E-state index contributed by atoms with van der Waals surface area (Å²) < 4.78 is 13.1. The number of carbonyl (C=O) groups is 1. The normalized spacial score (nSPS) is 13.6. The van der Waals surface area contributed by atoms with Crippen LogP contribution in [0.5, 0.6) is 0 Å². The van der Waals surface area contributed by atoms with Crippen molar-refractivity contribution in [3.05, 3.63) is 35.6 Å². The molecule has 0 saturated heterocycles. The highest BCUT2D eigenvalue weighted by Gasteiger charge is 2.31. The molecule has 0 spiro atoms. The molecule has 5 heteroatoms. The maximum absolute atomic E-state index is 13.1. The lowest BCUT2D eigenvalue weighted by molar-refractivity contribution is -0.131. The van der Waals surface area contributed by atoms with E-state index in [0.29, 0.717) is 19.0 Å². The van der Waals surface area contributed by atoms with Crippen LogP contribution in [0.2, 0.25) is 0 Å². The van der Waals surface area contributed by atoms with Crippen molar-refractivity contribution in [3.63, 3.8) is 0 Å². The zero-order chi connectivity index (χ0) is 14.4. The molecule has 1 aromatic rings. The van der Waals surface area contributed by atoms with Gasteiger partial charge in [0.25, 0.3) is 0 Å². The molecule has 1 fully saturated rings. The Labute approximate surface area is 132 Å². The second-order valence-corrected chi connectivity index (χ2v) is 5.41. The SMILES string of the molecule is CNCCCC(=O)N(CCc1cccc(F)c1)C1CC1.Cl. The molecule has 2 rings (SSSR count). The van der Waals surface area contributed by atoms with Crippen molar-refractivity contribution in [3.8, 4) is 0 Å². The summed E-state index contributed by atoms with van der Waals surface area (Å²) in [6, 6.07) is 7.06. The quantitative estimate of drug-likeness (QED) is 0.748. The Morgan fingerprint density at radius 1 is 1.43 bits per heavy atom. The highest BCUT2D eigenvalue weighted by molar-refractivity contribution is 5.85. The summed E-state index contributed by atoms with van der Waals surface area (Å²) in [6.07, 6.45) is 4.42. The van der Waals surface area contributed by atoms with Crippen LogP contribution in [-0.4, -0.2) is 37.0 Å². The minimum Gasteiger partial charge on any atom is -0.339 e. The van der Waals surface area contributed by atoms with Crippen LogP contribution in [0.1, 0.15) is 31.2 Å². The number of rotatable bonds is 8. The lowest BCUT2D eigenvalue weighted by atomic mass is 10.1. The van der Waals surface area contributed by atoms with E-state index in [0.717, 1.165) is 37.8 Å². The summed E-state index contributed by atoms with van der Waals surface area (Å²) in [4.78, 5) is 14.2. The lowest BCUT2D eigenvalue weighted by Crippen LogP contribution is -2.35. The maximum Gasteiger partial charge on any atom is 0.222 e. The summed E-state index contributed by atoms with van der Waals surface area (Å²) in [7, 11) is 1.90. The molecule has 0 heterocycles. The second-order valence-electron chi connectivity index (χ2n) is 5.41. The van der Waals surface area contributed by atoms with E-state index in [4.69, 9.17) is 0 Å². The van der Waals surface area contributed by atoms with Gasteiger partial charge in [0.05, 0.1) is 0 Å². The van der Waals surface area contributed by atoms with Gasteiger partial charge in [0.2, 0.25) is 5.91 Å². The van der Waals surface area contributed by atoms with Gasteiger partial charge in [0, 0.05) is 19.0 Å². The van der Waals surface area contributed by atoms with E-state index in [1.165, 1.54) is 6.07 Å². The average Bonchev–Trinajstić information content (AvgIpc) is 3.24. The molecule has 0 radical (unpaired) electrons. The van der Waals surface area contributed by atoms with E-state index < -0.39 is 0 Å². The lowest BCUT2D eigenvalue weighted by Gasteiger charge is -2.22.